The van der Waals surface area contributed by atoms with E-state index in [1.54, 1.807) is 27.6 Å². The summed E-state index contributed by atoms with van der Waals surface area (Å²) in [6.07, 6.45) is 12.9. The van der Waals surface area contributed by atoms with E-state index in [-0.39, 0.29) is 70.8 Å². The largest absolute Gasteiger partial charge is 0.391 e. The van der Waals surface area contributed by atoms with Crippen LogP contribution in [0.4, 0.5) is 22.6 Å². The molecule has 5 aromatic heterocycles. The monoisotopic (exact) mass is 1320 g/mol. The second-order valence-corrected chi connectivity index (χ2v) is 32.8. The molecule has 7 aromatic rings. The van der Waals surface area contributed by atoms with Crippen LogP contribution < -0.4 is 20.9 Å². The zero-order valence-electron chi connectivity index (χ0n) is 56.6. The van der Waals surface area contributed by atoms with Crippen molar-refractivity contribution in [3.05, 3.63) is 106 Å². The molecule has 7 atom stereocenters. The van der Waals surface area contributed by atoms with Crippen LogP contribution >= 0.6 is 22.7 Å². The van der Waals surface area contributed by atoms with E-state index in [0.29, 0.717) is 48.9 Å². The van der Waals surface area contributed by atoms with Crippen LogP contribution in [0.2, 0.25) is 0 Å². The van der Waals surface area contributed by atoms with Gasteiger partial charge < -0.3 is 45.4 Å². The minimum Gasteiger partial charge on any atom is -0.391 e. The number of likely N-dealkylation sites (tertiary alicyclic amines) is 3. The number of rotatable bonds is 18. The number of anilines is 4. The van der Waals surface area contributed by atoms with Crippen LogP contribution in [0.5, 0.6) is 0 Å². The first kappa shape index (κ1) is 65.1. The number of aliphatic hydroxyl groups is 1. The Hall–Kier alpha value is -7.24. The van der Waals surface area contributed by atoms with Gasteiger partial charge in [0, 0.05) is 73.6 Å². The Morgan fingerprint density at radius 1 is 0.821 bits per heavy atom. The molecule has 9 heterocycles. The zero-order chi connectivity index (χ0) is 66.3. The minimum atomic E-state index is -1.05. The zero-order valence-corrected chi connectivity index (χ0v) is 58.2. The highest BCUT2D eigenvalue weighted by Crippen LogP contribution is 2.72. The highest BCUT2D eigenvalue weighted by molar-refractivity contribution is 7.22. The van der Waals surface area contributed by atoms with Gasteiger partial charge in [0.15, 0.2) is 16.8 Å². The molecule has 15 rings (SSSR count). The average Bonchev–Trinajstić information content (AvgIpc) is 1.13. The number of nitrogens with one attached hydrogen (secondary N) is 3. The summed E-state index contributed by atoms with van der Waals surface area (Å²) in [6.45, 7) is 24.6. The lowest BCUT2D eigenvalue weighted by atomic mass is 9.39. The molecule has 0 spiro atoms. The topological polar surface area (TPSA) is 229 Å². The fourth-order valence-corrected chi connectivity index (χ4v) is 20.1. The Kier molecular flexibility index (Phi) is 17.3. The van der Waals surface area contributed by atoms with Crippen molar-refractivity contribution in [1.82, 2.24) is 60.3 Å². The molecule has 4 bridgehead atoms. The van der Waals surface area contributed by atoms with Crippen LogP contribution in [-0.4, -0.2) is 155 Å². The Morgan fingerprint density at radius 3 is 2.33 bits per heavy atom. The van der Waals surface area contributed by atoms with Crippen molar-refractivity contribution in [2.45, 2.75) is 182 Å². The fourth-order valence-electron chi connectivity index (χ4n) is 18.5. The Bertz CT molecular complexity index is 4020. The number of carbonyl (C=O) groups excluding carboxylic acids is 4. The van der Waals surface area contributed by atoms with Gasteiger partial charge in [0.1, 0.15) is 23.6 Å². The Morgan fingerprint density at radius 2 is 1.59 bits per heavy atom. The molecule has 4 N–H and O–H groups in total. The maximum atomic E-state index is 15.8. The molecule has 4 aliphatic carbocycles. The van der Waals surface area contributed by atoms with Crippen LogP contribution in [0.1, 0.15) is 163 Å². The van der Waals surface area contributed by atoms with Gasteiger partial charge in [-0.05, 0) is 175 Å². The number of hydrogen-bond donors (Lipinski definition) is 4. The number of aliphatic hydroxyl groups excluding tert-OH is 1. The molecular weight excluding hydrogens is 1230 g/mol. The Labute approximate surface area is 565 Å². The molecule has 502 valence electrons. The smallest absolute Gasteiger partial charge is 0.273 e. The number of pyridine rings is 1. The predicted octanol–water partition coefficient (Wildman–Crippen LogP) is 11.7. The number of para-hydroxylation sites is 1. The maximum Gasteiger partial charge on any atom is 0.273 e. The van der Waals surface area contributed by atoms with Crippen LogP contribution in [-0.2, 0) is 32.1 Å². The third-order valence-electron chi connectivity index (χ3n) is 21.9. The normalized spacial score (nSPS) is 26.5. The van der Waals surface area contributed by atoms with E-state index in [2.05, 4.69) is 69.2 Å². The number of nitrogens with zero attached hydrogens (tertiary/aromatic N) is 11. The van der Waals surface area contributed by atoms with Crippen molar-refractivity contribution in [3.8, 4) is 21.6 Å². The standard InChI is InChI=1S/C73H92N14O6S2/c1-44-52-17-15-29-85(63(52)82-81-62(44)80-68-77-55-18-10-11-19-57(55)95-68)58-25-24-53(54-33-75-87(47(54)4)42-72-37-70(8)36-71(9,38-72)40-73(39-70,41-72)93-31-30-83-26-12-13-27-83)59(78-58)66(91)84-28-14-16-50(34-84)64(89)79-61(69(5,6)7)67(92)86-35-51(88)32-56(86)65(90)76-45(2)48-20-22-49(23-21-48)60-46(3)74-43-94-60/h10-11,18-25,33,43,45,50-51,56,61,88H,12-17,26-32,34-42H2,1-9H3,(H,76,90)(H,79,89)(H,77,80,81)/t45-,50+,51+,56-,61+,70?,71?,72?,73?/m0/s1. The lowest BCUT2D eigenvalue weighted by Crippen LogP contribution is -2.64. The number of thiazole rings is 2. The second-order valence-electron chi connectivity index (χ2n) is 30.9. The van der Waals surface area contributed by atoms with Crippen LogP contribution in [0, 0.1) is 48.3 Å². The quantitative estimate of drug-likeness (QED) is 0.0626. The second kappa shape index (κ2) is 25.3. The van der Waals surface area contributed by atoms with Crippen LogP contribution in [0.15, 0.2) is 72.4 Å². The first-order valence-electron chi connectivity index (χ1n) is 34.5. The van der Waals surface area contributed by atoms with Gasteiger partial charge in [-0.3, -0.25) is 23.9 Å². The summed E-state index contributed by atoms with van der Waals surface area (Å²) >= 11 is 3.15. The first-order chi connectivity index (χ1) is 45.4. The first-order valence-corrected chi connectivity index (χ1v) is 36.2. The lowest BCUT2D eigenvalue weighted by Gasteiger charge is -2.69. The SMILES string of the molecule is Cc1ncsc1-c1ccc([C@H](C)NC(=O)[C@@H]2C[C@@H](O)CN2C(=O)[C@@H](NC(=O)[C@@H]2CCCN(C(=O)c3nc(N4CCCc5c4nnc(Nc4nc6ccccc6s4)c5C)ccc3-c3cnn(CC45CC6(C)CC(C)(C4)CC(OCCN4CCCC4)(C6)C5)c3C)C2)C(C)(C)C)cc1. The van der Waals surface area contributed by atoms with Crippen molar-refractivity contribution in [2.75, 3.05) is 62.6 Å². The number of ether oxygens (including phenoxy) is 1. The molecule has 8 aliphatic rings. The summed E-state index contributed by atoms with van der Waals surface area (Å²) in [5.74, 6) is -0.256. The molecule has 2 aromatic carbocycles. The van der Waals surface area contributed by atoms with Gasteiger partial charge in [-0.15, -0.1) is 21.5 Å². The van der Waals surface area contributed by atoms with Gasteiger partial charge in [-0.2, -0.15) is 5.10 Å². The highest BCUT2D eigenvalue weighted by atomic mass is 32.1. The van der Waals surface area contributed by atoms with Crippen LogP contribution in [0.3, 0.4) is 0 Å². The number of carbonyl (C=O) groups is 4. The van der Waals surface area contributed by atoms with E-state index in [1.807, 2.05) is 101 Å². The molecule has 0 radical (unpaired) electrons. The number of fused-ring (bicyclic) bond motifs is 2. The average molecular weight is 1330 g/mol. The van der Waals surface area contributed by atoms with Crippen molar-refractivity contribution in [1.29, 1.82) is 0 Å². The van der Waals surface area contributed by atoms with E-state index in [0.717, 1.165) is 137 Å². The van der Waals surface area contributed by atoms with Crippen molar-refractivity contribution < 1.29 is 29.0 Å². The molecule has 95 heavy (non-hydrogen) atoms. The molecule has 22 heteroatoms. The maximum absolute atomic E-state index is 15.8. The summed E-state index contributed by atoms with van der Waals surface area (Å²) < 4.78 is 10.4. The number of amides is 4. The van der Waals surface area contributed by atoms with E-state index in [9.17, 15) is 19.5 Å². The summed E-state index contributed by atoms with van der Waals surface area (Å²) in [5, 5.41) is 36.3. The lowest BCUT2D eigenvalue weighted by molar-refractivity contribution is -0.248. The third-order valence-corrected chi connectivity index (χ3v) is 23.9. The molecule has 4 aliphatic heterocycles. The molecular formula is C73H92N14O6S2. The number of piperidine rings is 1. The number of hydrogen-bond acceptors (Lipinski definition) is 17. The molecule has 4 amide bonds. The summed E-state index contributed by atoms with van der Waals surface area (Å²) in [6, 6.07) is 17.7. The third kappa shape index (κ3) is 12.9. The van der Waals surface area contributed by atoms with Crippen molar-refractivity contribution >= 4 is 79.1 Å². The highest BCUT2D eigenvalue weighted by Gasteiger charge is 2.66. The Balaban J connectivity index is 0.726. The summed E-state index contributed by atoms with van der Waals surface area (Å²) in [5.41, 5.74) is 9.74. The number of aromatic nitrogens is 7. The predicted molar refractivity (Wildman–Crippen MR) is 371 cm³/mol. The van der Waals surface area contributed by atoms with Crippen LogP contribution in [0.25, 0.3) is 31.8 Å². The van der Waals surface area contributed by atoms with E-state index in [4.69, 9.17) is 30.0 Å². The molecule has 3 saturated heterocycles. The van der Waals surface area contributed by atoms with Gasteiger partial charge >= 0.3 is 0 Å². The van der Waals surface area contributed by atoms with Gasteiger partial charge in [-0.25, -0.2) is 15.0 Å². The molecule has 4 saturated carbocycles. The van der Waals surface area contributed by atoms with Gasteiger partial charge in [-0.1, -0.05) is 82.4 Å². The van der Waals surface area contributed by atoms with Crippen molar-refractivity contribution in [3.63, 3.8) is 0 Å². The van der Waals surface area contributed by atoms with Crippen molar-refractivity contribution in [2.24, 2.45) is 27.6 Å². The summed E-state index contributed by atoms with van der Waals surface area (Å²) in [7, 11) is 0. The number of β-amino-alcohol motifs (C(OH)–C–C–N with tert-alkyl or cyclic N) is 1. The van der Waals surface area contributed by atoms with E-state index >= 15 is 4.79 Å². The number of benzene rings is 2. The van der Waals surface area contributed by atoms with E-state index < -0.39 is 35.4 Å². The molecule has 20 nitrogen and oxygen atoms in total. The van der Waals surface area contributed by atoms with Gasteiger partial charge in [0.25, 0.3) is 5.91 Å². The molecule has 7 fully saturated rings. The van der Waals surface area contributed by atoms with E-state index in [1.165, 1.54) is 24.2 Å². The molecule has 2 unspecified atom stereocenters. The van der Waals surface area contributed by atoms with Gasteiger partial charge in [0.05, 0.1) is 62.8 Å². The number of aryl methyl sites for hydroxylation is 1. The summed E-state index contributed by atoms with van der Waals surface area (Å²) in [4.78, 5) is 83.3. The van der Waals surface area contributed by atoms with Gasteiger partial charge in [0.2, 0.25) is 17.7 Å². The minimum absolute atomic E-state index is 0.00742. The fraction of sp³-hybridized carbons (Fsp3) is 0.562.